The van der Waals surface area contributed by atoms with E-state index in [1.165, 1.54) is 7.11 Å². The van der Waals surface area contributed by atoms with Crippen molar-refractivity contribution in [3.63, 3.8) is 0 Å². The van der Waals surface area contributed by atoms with Gasteiger partial charge in [-0.05, 0) is 46.1 Å². The molecule has 0 aliphatic carbocycles. The van der Waals surface area contributed by atoms with Crippen LogP contribution in [0, 0.1) is 5.92 Å². The van der Waals surface area contributed by atoms with E-state index in [0.29, 0.717) is 42.0 Å². The molecule has 2 aromatic heterocycles. The minimum Gasteiger partial charge on any atom is -0.464 e. The zero-order chi connectivity index (χ0) is 24.3. The molecule has 0 bridgehead atoms. The van der Waals surface area contributed by atoms with Gasteiger partial charge >= 0.3 is 5.97 Å². The van der Waals surface area contributed by atoms with Crippen LogP contribution in [0.1, 0.15) is 64.4 Å². The predicted octanol–water partition coefficient (Wildman–Crippen LogP) is 3.56. The number of methoxy groups -OCH3 is 1. The molecule has 3 N–H and O–H groups in total. The molecule has 3 heterocycles. The number of aromatic nitrogens is 2. The van der Waals surface area contributed by atoms with E-state index in [0.717, 1.165) is 12.8 Å². The molecule has 1 saturated heterocycles. The van der Waals surface area contributed by atoms with Crippen LogP contribution in [0.3, 0.4) is 0 Å². The molecule has 1 fully saturated rings. The number of carbonyl (C=O) groups is 2. The normalized spacial score (nSPS) is 18.2. The van der Waals surface area contributed by atoms with Crippen molar-refractivity contribution in [2.75, 3.05) is 24.4 Å². The summed E-state index contributed by atoms with van der Waals surface area (Å²) in [5, 5.41) is 17.2. The second-order valence-electron chi connectivity index (χ2n) is 9.37. The van der Waals surface area contributed by atoms with Crippen molar-refractivity contribution in [1.29, 1.82) is 0 Å². The van der Waals surface area contributed by atoms with E-state index in [9.17, 15) is 14.7 Å². The summed E-state index contributed by atoms with van der Waals surface area (Å²) >= 11 is 0. The van der Waals surface area contributed by atoms with E-state index in [-0.39, 0.29) is 29.7 Å². The Morgan fingerprint density at radius 2 is 2.12 bits per heavy atom. The lowest BCUT2D eigenvalue weighted by molar-refractivity contribution is -0.119. The van der Waals surface area contributed by atoms with Crippen molar-refractivity contribution in [3.8, 4) is 0 Å². The first-order valence-corrected chi connectivity index (χ1v) is 11.6. The maximum atomic E-state index is 12.9. The summed E-state index contributed by atoms with van der Waals surface area (Å²) < 4.78 is 12.7. The summed E-state index contributed by atoms with van der Waals surface area (Å²) in [6, 6.07) is 1.58. The Kier molecular flexibility index (Phi) is 7.64. The molecule has 1 aliphatic heterocycles. The van der Waals surface area contributed by atoms with Crippen LogP contribution in [0.2, 0.25) is 0 Å². The Morgan fingerprint density at radius 1 is 1.39 bits per heavy atom. The summed E-state index contributed by atoms with van der Waals surface area (Å²) in [5.74, 6) is -0.955. The van der Waals surface area contributed by atoms with Crippen LogP contribution in [-0.4, -0.2) is 58.0 Å². The Morgan fingerprint density at radius 3 is 2.70 bits per heavy atom. The largest absolute Gasteiger partial charge is 0.464 e. The Hall–Kier alpha value is -2.65. The van der Waals surface area contributed by atoms with E-state index < -0.39 is 11.6 Å². The molecule has 9 heteroatoms. The average molecular weight is 461 g/mol. The Labute approximate surface area is 194 Å². The van der Waals surface area contributed by atoms with Crippen LogP contribution in [0.15, 0.2) is 12.3 Å². The number of aliphatic hydroxyl groups is 1. The number of anilines is 2. The zero-order valence-corrected chi connectivity index (χ0v) is 20.4. The molecule has 1 amide bonds. The summed E-state index contributed by atoms with van der Waals surface area (Å²) in [6.07, 6.45) is 4.14. The maximum absolute atomic E-state index is 12.9. The second-order valence-corrected chi connectivity index (χ2v) is 9.37. The molecular weight excluding hydrogens is 424 g/mol. The van der Waals surface area contributed by atoms with Gasteiger partial charge in [-0.2, -0.15) is 0 Å². The molecule has 182 valence electrons. The van der Waals surface area contributed by atoms with Gasteiger partial charge < -0.3 is 29.8 Å². The SMILES string of the molecule is CC[C@H](C)C(=O)Nc1c(C(=O)OC)n(C[C@@H]2CCCO2)c2ncc(N[C@@H](C)C(C)(C)O)cc12. The van der Waals surface area contributed by atoms with Crippen molar-refractivity contribution in [3.05, 3.63) is 18.0 Å². The molecule has 9 nitrogen and oxygen atoms in total. The molecule has 0 radical (unpaired) electrons. The number of nitrogens with one attached hydrogen (secondary N) is 2. The van der Waals surface area contributed by atoms with E-state index in [4.69, 9.17) is 9.47 Å². The van der Waals surface area contributed by atoms with Gasteiger partial charge in [0.1, 0.15) is 5.65 Å². The third-order valence-corrected chi connectivity index (χ3v) is 6.44. The van der Waals surface area contributed by atoms with Gasteiger partial charge in [-0.15, -0.1) is 0 Å². The molecule has 33 heavy (non-hydrogen) atoms. The number of rotatable bonds is 9. The quantitative estimate of drug-likeness (QED) is 0.490. The number of hydrogen-bond donors (Lipinski definition) is 3. The van der Waals surface area contributed by atoms with Crippen LogP contribution >= 0.6 is 0 Å². The molecule has 3 rings (SSSR count). The van der Waals surface area contributed by atoms with E-state index in [1.807, 2.05) is 26.8 Å². The zero-order valence-electron chi connectivity index (χ0n) is 20.4. The number of esters is 1. The molecule has 0 aromatic carbocycles. The minimum atomic E-state index is -0.953. The molecule has 0 unspecified atom stereocenters. The minimum absolute atomic E-state index is 0.0445. The van der Waals surface area contributed by atoms with Gasteiger partial charge in [0.05, 0.1) is 49.0 Å². The number of amides is 1. The average Bonchev–Trinajstić information content (AvgIpc) is 3.38. The number of hydrogen-bond acceptors (Lipinski definition) is 7. The third kappa shape index (κ3) is 5.47. The maximum Gasteiger partial charge on any atom is 0.356 e. The molecular formula is C24H36N4O5. The van der Waals surface area contributed by atoms with E-state index in [1.54, 1.807) is 24.6 Å². The highest BCUT2D eigenvalue weighted by Crippen LogP contribution is 2.34. The monoisotopic (exact) mass is 460 g/mol. The van der Waals surface area contributed by atoms with Crippen LogP contribution in [0.4, 0.5) is 11.4 Å². The summed E-state index contributed by atoms with van der Waals surface area (Å²) in [4.78, 5) is 30.4. The van der Waals surface area contributed by atoms with Gasteiger partial charge in [-0.1, -0.05) is 13.8 Å². The molecule has 0 saturated carbocycles. The van der Waals surface area contributed by atoms with Gasteiger partial charge in [0.15, 0.2) is 5.69 Å². The highest BCUT2D eigenvalue weighted by atomic mass is 16.5. The molecule has 3 atom stereocenters. The van der Waals surface area contributed by atoms with Crippen LogP contribution < -0.4 is 10.6 Å². The van der Waals surface area contributed by atoms with Crippen molar-refractivity contribution < 1.29 is 24.2 Å². The fourth-order valence-corrected chi connectivity index (χ4v) is 3.77. The predicted molar refractivity (Wildman–Crippen MR) is 128 cm³/mol. The lowest BCUT2D eigenvalue weighted by Gasteiger charge is -2.27. The topological polar surface area (TPSA) is 115 Å². The Balaban J connectivity index is 2.15. The third-order valence-electron chi connectivity index (χ3n) is 6.44. The first-order chi connectivity index (χ1) is 15.6. The van der Waals surface area contributed by atoms with Crippen LogP contribution in [-0.2, 0) is 20.8 Å². The first-order valence-electron chi connectivity index (χ1n) is 11.6. The van der Waals surface area contributed by atoms with Crippen molar-refractivity contribution in [1.82, 2.24) is 9.55 Å². The van der Waals surface area contributed by atoms with Gasteiger partial charge in [0.25, 0.3) is 0 Å². The summed E-state index contributed by atoms with van der Waals surface area (Å²) in [5.41, 5.74) is 0.909. The number of ether oxygens (including phenoxy) is 2. The van der Waals surface area contributed by atoms with Crippen LogP contribution in [0.25, 0.3) is 11.0 Å². The molecule has 0 spiro atoms. The van der Waals surface area contributed by atoms with Crippen LogP contribution in [0.5, 0.6) is 0 Å². The summed E-state index contributed by atoms with van der Waals surface area (Å²) in [6.45, 7) is 10.2. The van der Waals surface area contributed by atoms with Gasteiger partial charge in [0.2, 0.25) is 5.91 Å². The number of fused-ring (bicyclic) bond motifs is 1. The number of carbonyl (C=O) groups excluding carboxylic acids is 2. The fraction of sp³-hybridized carbons (Fsp3) is 0.625. The standard InChI is InChI=1S/C24H36N4O5/c1-7-14(2)22(29)27-19-18-11-16(26-15(3)24(4,5)31)12-25-21(18)28(20(19)23(30)32-6)13-17-9-8-10-33-17/h11-12,14-15,17,26,31H,7-10,13H2,1-6H3,(H,27,29)/t14-,15-,17-/m0/s1. The lowest BCUT2D eigenvalue weighted by atomic mass is 10.0. The summed E-state index contributed by atoms with van der Waals surface area (Å²) in [7, 11) is 1.32. The van der Waals surface area contributed by atoms with Crippen molar-refractivity contribution in [2.24, 2.45) is 5.92 Å². The lowest BCUT2D eigenvalue weighted by Crippen LogP contribution is -2.39. The van der Waals surface area contributed by atoms with Crippen molar-refractivity contribution >= 4 is 34.3 Å². The van der Waals surface area contributed by atoms with Gasteiger partial charge in [-0.3, -0.25) is 4.79 Å². The highest BCUT2D eigenvalue weighted by molar-refractivity contribution is 6.11. The van der Waals surface area contributed by atoms with E-state index >= 15 is 0 Å². The fourth-order valence-electron chi connectivity index (χ4n) is 3.77. The number of nitrogens with zero attached hydrogens (tertiary/aromatic N) is 2. The Bertz CT molecular complexity index is 1000. The van der Waals surface area contributed by atoms with E-state index in [2.05, 4.69) is 15.6 Å². The number of pyridine rings is 1. The van der Waals surface area contributed by atoms with Gasteiger partial charge in [0, 0.05) is 17.9 Å². The first kappa shape index (κ1) is 25.0. The smallest absolute Gasteiger partial charge is 0.356 e. The van der Waals surface area contributed by atoms with Crippen molar-refractivity contribution in [2.45, 2.75) is 78.2 Å². The van der Waals surface area contributed by atoms with Gasteiger partial charge in [-0.25, -0.2) is 9.78 Å². The second kappa shape index (κ2) is 10.1. The highest BCUT2D eigenvalue weighted by Gasteiger charge is 2.30. The molecule has 2 aromatic rings. The molecule has 1 aliphatic rings.